The van der Waals surface area contributed by atoms with Gasteiger partial charge in [-0.05, 0) is 6.07 Å². The molecule has 0 spiro atoms. The first kappa shape index (κ1) is 10.7. The fraction of sp³-hybridized carbons (Fsp3) is 0.154. The van der Waals surface area contributed by atoms with Crippen molar-refractivity contribution in [1.29, 1.82) is 0 Å². The molecule has 0 saturated carbocycles. The van der Waals surface area contributed by atoms with Crippen LogP contribution >= 0.6 is 0 Å². The first-order chi connectivity index (χ1) is 8.76. The third kappa shape index (κ3) is 1.30. The quantitative estimate of drug-likeness (QED) is 0.650. The lowest BCUT2D eigenvalue weighted by Crippen LogP contribution is -1.99. The van der Waals surface area contributed by atoms with E-state index >= 15 is 0 Å². The fourth-order valence-electron chi connectivity index (χ4n) is 1.98. The molecular weight excluding hydrogens is 236 g/mol. The van der Waals surface area contributed by atoms with Crippen molar-refractivity contribution in [2.75, 3.05) is 14.2 Å². The van der Waals surface area contributed by atoms with Crippen LogP contribution in [0.4, 0.5) is 0 Å². The Morgan fingerprint density at radius 1 is 1.17 bits per heavy atom. The van der Waals surface area contributed by atoms with Crippen molar-refractivity contribution in [2.24, 2.45) is 0 Å². The van der Waals surface area contributed by atoms with Gasteiger partial charge in [-0.2, -0.15) is 0 Å². The van der Waals surface area contributed by atoms with Crippen molar-refractivity contribution in [3.63, 3.8) is 0 Å². The Morgan fingerprint density at radius 3 is 2.67 bits per heavy atom. The summed E-state index contributed by atoms with van der Waals surface area (Å²) in [6, 6.07) is 7.38. The number of benzene rings is 1. The van der Waals surface area contributed by atoms with Gasteiger partial charge in [-0.3, -0.25) is 0 Å². The monoisotopic (exact) mass is 246 g/mol. The number of methoxy groups -OCH3 is 2. The highest BCUT2D eigenvalue weighted by Gasteiger charge is 2.26. The molecule has 0 amide bonds. The molecule has 3 aromatic rings. The number of esters is 1. The molecule has 0 aliphatic rings. The molecule has 5 nitrogen and oxygen atoms in total. The minimum Gasteiger partial charge on any atom is -0.466 e. The minimum absolute atomic E-state index is 0.0919. The van der Waals surface area contributed by atoms with Gasteiger partial charge in [0.1, 0.15) is 5.58 Å². The molecule has 3 rings (SSSR count). The Labute approximate surface area is 102 Å². The number of ether oxygens (including phenoxy) is 2. The summed E-state index contributed by atoms with van der Waals surface area (Å²) in [7, 11) is 2.75. The highest BCUT2D eigenvalue weighted by molar-refractivity contribution is 6.15. The second kappa shape index (κ2) is 3.80. The third-order valence-electron chi connectivity index (χ3n) is 2.76. The van der Waals surface area contributed by atoms with Crippen LogP contribution < -0.4 is 4.74 Å². The maximum atomic E-state index is 11.7. The summed E-state index contributed by atoms with van der Waals surface area (Å²) in [5.41, 5.74) is 1.08. The van der Waals surface area contributed by atoms with E-state index in [1.165, 1.54) is 14.2 Å². The standard InChI is InChI=1S/C13H10O5/c1-15-12(14)10-9-7-5-3-4-6-8(7)17-11(9)13(16-2)18-10/h3-6H,1-2H3. The topological polar surface area (TPSA) is 61.8 Å². The molecule has 0 atom stereocenters. The van der Waals surface area contributed by atoms with E-state index < -0.39 is 5.97 Å². The molecule has 0 fully saturated rings. The lowest BCUT2D eigenvalue weighted by molar-refractivity contribution is 0.0562. The first-order valence-electron chi connectivity index (χ1n) is 5.32. The molecule has 0 radical (unpaired) electrons. The Bertz CT molecular complexity index is 734. The van der Waals surface area contributed by atoms with E-state index in [1.54, 1.807) is 0 Å². The Balaban J connectivity index is 2.45. The number of carbonyl (C=O) groups is 1. The molecule has 0 unspecified atom stereocenters. The Morgan fingerprint density at radius 2 is 1.94 bits per heavy atom. The molecule has 18 heavy (non-hydrogen) atoms. The van der Waals surface area contributed by atoms with Gasteiger partial charge in [-0.1, -0.05) is 18.2 Å². The molecule has 0 N–H and O–H groups in total. The van der Waals surface area contributed by atoms with Crippen molar-refractivity contribution in [2.45, 2.75) is 0 Å². The second-order valence-electron chi connectivity index (χ2n) is 3.72. The highest BCUT2D eigenvalue weighted by Crippen LogP contribution is 2.39. The van der Waals surface area contributed by atoms with E-state index in [4.69, 9.17) is 18.3 Å². The van der Waals surface area contributed by atoms with Gasteiger partial charge in [0, 0.05) is 5.39 Å². The summed E-state index contributed by atoms with van der Waals surface area (Å²) in [5.74, 6) is -0.300. The smallest absolute Gasteiger partial charge is 0.374 e. The summed E-state index contributed by atoms with van der Waals surface area (Å²) < 4.78 is 20.7. The minimum atomic E-state index is -0.560. The summed E-state index contributed by atoms with van der Waals surface area (Å²) >= 11 is 0. The van der Waals surface area contributed by atoms with E-state index in [2.05, 4.69) is 0 Å². The van der Waals surface area contributed by atoms with Gasteiger partial charge in [-0.25, -0.2) is 4.79 Å². The molecule has 0 saturated heterocycles. The van der Waals surface area contributed by atoms with E-state index in [0.29, 0.717) is 16.6 Å². The Kier molecular flexibility index (Phi) is 2.26. The number of fused-ring (bicyclic) bond motifs is 3. The van der Waals surface area contributed by atoms with Gasteiger partial charge in [-0.15, -0.1) is 0 Å². The van der Waals surface area contributed by atoms with Crippen molar-refractivity contribution >= 4 is 27.9 Å². The zero-order valence-electron chi connectivity index (χ0n) is 9.85. The first-order valence-corrected chi connectivity index (χ1v) is 5.32. The van der Waals surface area contributed by atoms with Crippen LogP contribution in [0.1, 0.15) is 10.6 Å². The van der Waals surface area contributed by atoms with E-state index in [-0.39, 0.29) is 11.7 Å². The molecule has 0 aliphatic carbocycles. The van der Waals surface area contributed by atoms with Gasteiger partial charge in [0.15, 0.2) is 0 Å². The maximum absolute atomic E-state index is 11.7. The van der Waals surface area contributed by atoms with Crippen molar-refractivity contribution < 1.29 is 23.1 Å². The zero-order valence-corrected chi connectivity index (χ0v) is 9.85. The van der Waals surface area contributed by atoms with Crippen molar-refractivity contribution in [3.05, 3.63) is 30.0 Å². The average Bonchev–Trinajstić information content (AvgIpc) is 2.94. The lowest BCUT2D eigenvalue weighted by Gasteiger charge is -1.95. The summed E-state index contributed by atoms with van der Waals surface area (Å²) in [6.07, 6.45) is 0. The molecule has 1 aromatic carbocycles. The largest absolute Gasteiger partial charge is 0.466 e. The van der Waals surface area contributed by atoms with Gasteiger partial charge in [0.2, 0.25) is 11.3 Å². The molecule has 5 heteroatoms. The van der Waals surface area contributed by atoms with Crippen LogP contribution in [0.15, 0.2) is 33.1 Å². The van der Waals surface area contributed by atoms with Crippen LogP contribution in [0.3, 0.4) is 0 Å². The number of hydrogen-bond acceptors (Lipinski definition) is 5. The number of hydrogen-bond donors (Lipinski definition) is 0. The zero-order chi connectivity index (χ0) is 12.7. The highest BCUT2D eigenvalue weighted by atomic mass is 16.6. The summed E-state index contributed by atoms with van der Waals surface area (Å²) in [5, 5.41) is 1.37. The maximum Gasteiger partial charge on any atom is 0.374 e. The summed E-state index contributed by atoms with van der Waals surface area (Å²) in [4.78, 5) is 11.7. The van der Waals surface area contributed by atoms with Crippen molar-refractivity contribution in [3.8, 4) is 5.95 Å². The second-order valence-corrected chi connectivity index (χ2v) is 3.72. The molecule has 92 valence electrons. The molecule has 2 aromatic heterocycles. The number of rotatable bonds is 2. The van der Waals surface area contributed by atoms with Crippen LogP contribution in [0.2, 0.25) is 0 Å². The molecule has 0 bridgehead atoms. The predicted molar refractivity (Wildman–Crippen MR) is 63.9 cm³/mol. The Hall–Kier alpha value is -2.43. The van der Waals surface area contributed by atoms with Crippen molar-refractivity contribution in [1.82, 2.24) is 0 Å². The van der Waals surface area contributed by atoms with Crippen LogP contribution in [0, 0.1) is 0 Å². The number of para-hydroxylation sites is 1. The van der Waals surface area contributed by atoms with Gasteiger partial charge < -0.3 is 18.3 Å². The van der Waals surface area contributed by atoms with Crippen LogP contribution in [0.5, 0.6) is 5.95 Å². The van der Waals surface area contributed by atoms with Crippen LogP contribution in [-0.4, -0.2) is 20.2 Å². The van der Waals surface area contributed by atoms with Gasteiger partial charge >= 0.3 is 11.9 Å². The summed E-state index contributed by atoms with van der Waals surface area (Å²) in [6.45, 7) is 0. The SMILES string of the molecule is COC(=O)c1oc(OC)c2oc3ccccc3c12. The van der Waals surface area contributed by atoms with Gasteiger partial charge in [0.25, 0.3) is 0 Å². The third-order valence-corrected chi connectivity index (χ3v) is 2.76. The van der Waals surface area contributed by atoms with E-state index in [9.17, 15) is 4.79 Å². The molecule has 2 heterocycles. The van der Waals surface area contributed by atoms with E-state index in [1.807, 2.05) is 24.3 Å². The number of furan rings is 2. The van der Waals surface area contributed by atoms with Gasteiger partial charge in [0.05, 0.1) is 19.6 Å². The van der Waals surface area contributed by atoms with Crippen LogP contribution in [-0.2, 0) is 4.74 Å². The predicted octanol–water partition coefficient (Wildman–Crippen LogP) is 2.97. The van der Waals surface area contributed by atoms with Crippen LogP contribution in [0.25, 0.3) is 21.9 Å². The van der Waals surface area contributed by atoms with E-state index in [0.717, 1.165) is 5.39 Å². The number of carbonyl (C=O) groups excluding carboxylic acids is 1. The normalized spacial score (nSPS) is 11.0. The average molecular weight is 246 g/mol. The molecule has 0 aliphatic heterocycles. The lowest BCUT2D eigenvalue weighted by atomic mass is 10.2. The molecular formula is C13H10O5. The fourth-order valence-corrected chi connectivity index (χ4v) is 1.98.